The normalized spacial score (nSPS) is 20.6. The Hall–Kier alpha value is -1.22. The molecular formula is C17H27NO2. The molecule has 2 rings (SSSR count). The quantitative estimate of drug-likeness (QED) is 0.821. The lowest BCUT2D eigenvalue weighted by molar-refractivity contribution is 0.173. The minimum absolute atomic E-state index is 0.225. The molecule has 0 spiro atoms. The molecule has 1 N–H and O–H groups in total. The van der Waals surface area contributed by atoms with E-state index in [4.69, 9.17) is 9.47 Å². The molecule has 1 aliphatic heterocycles. The van der Waals surface area contributed by atoms with E-state index in [2.05, 4.69) is 38.2 Å². The van der Waals surface area contributed by atoms with Crippen molar-refractivity contribution in [2.45, 2.75) is 58.6 Å². The third-order valence-electron chi connectivity index (χ3n) is 3.94. The Bertz CT molecular complexity index is 445. The number of methoxy groups -OCH3 is 1. The monoisotopic (exact) mass is 277 g/mol. The van der Waals surface area contributed by atoms with Gasteiger partial charge in [-0.25, -0.2) is 0 Å². The zero-order valence-corrected chi connectivity index (χ0v) is 13.2. The van der Waals surface area contributed by atoms with Crippen LogP contribution in [0.3, 0.4) is 0 Å². The van der Waals surface area contributed by atoms with Crippen molar-refractivity contribution in [3.63, 3.8) is 0 Å². The molecule has 2 atom stereocenters. The summed E-state index contributed by atoms with van der Waals surface area (Å²) in [5, 5.41) is 3.64. The summed E-state index contributed by atoms with van der Waals surface area (Å²) in [5.41, 5.74) is 2.58. The second-order valence-corrected chi connectivity index (χ2v) is 5.45. The highest BCUT2D eigenvalue weighted by Gasteiger charge is 2.35. The molecular weight excluding hydrogens is 250 g/mol. The van der Waals surface area contributed by atoms with E-state index >= 15 is 0 Å². The average molecular weight is 277 g/mol. The van der Waals surface area contributed by atoms with E-state index in [-0.39, 0.29) is 6.10 Å². The highest BCUT2D eigenvalue weighted by molar-refractivity contribution is 5.53. The maximum Gasteiger partial charge on any atom is 0.166 e. The van der Waals surface area contributed by atoms with E-state index in [1.54, 1.807) is 7.11 Å². The first kappa shape index (κ1) is 15.2. The van der Waals surface area contributed by atoms with Crippen molar-refractivity contribution in [2.75, 3.05) is 13.7 Å². The van der Waals surface area contributed by atoms with E-state index in [9.17, 15) is 0 Å². The van der Waals surface area contributed by atoms with Crippen molar-refractivity contribution >= 4 is 0 Å². The van der Waals surface area contributed by atoms with Crippen LogP contribution in [0.5, 0.6) is 11.5 Å². The van der Waals surface area contributed by atoms with Gasteiger partial charge < -0.3 is 14.8 Å². The van der Waals surface area contributed by atoms with Crippen LogP contribution in [-0.4, -0.2) is 19.8 Å². The van der Waals surface area contributed by atoms with Crippen molar-refractivity contribution in [3.05, 3.63) is 23.3 Å². The van der Waals surface area contributed by atoms with Gasteiger partial charge in [-0.1, -0.05) is 33.3 Å². The summed E-state index contributed by atoms with van der Waals surface area (Å²) in [6.07, 6.45) is 4.58. The smallest absolute Gasteiger partial charge is 0.166 e. The molecule has 0 fully saturated rings. The Kier molecular flexibility index (Phi) is 5.30. The van der Waals surface area contributed by atoms with Gasteiger partial charge in [0.05, 0.1) is 13.2 Å². The molecule has 0 saturated heterocycles. The van der Waals surface area contributed by atoms with Gasteiger partial charge in [0.15, 0.2) is 11.5 Å². The minimum Gasteiger partial charge on any atom is -0.493 e. The Labute approximate surface area is 122 Å². The zero-order valence-electron chi connectivity index (χ0n) is 13.2. The van der Waals surface area contributed by atoms with Crippen LogP contribution >= 0.6 is 0 Å². The number of hydrogen-bond donors (Lipinski definition) is 1. The van der Waals surface area contributed by atoms with E-state index in [1.807, 2.05) is 0 Å². The number of ether oxygens (including phenoxy) is 2. The number of fused-ring (bicyclic) bond motifs is 1. The van der Waals surface area contributed by atoms with Crippen LogP contribution < -0.4 is 14.8 Å². The van der Waals surface area contributed by atoms with E-state index < -0.39 is 0 Å². The molecule has 3 heteroatoms. The Morgan fingerprint density at radius 3 is 2.60 bits per heavy atom. The highest BCUT2D eigenvalue weighted by Crippen LogP contribution is 2.45. The van der Waals surface area contributed by atoms with Crippen LogP contribution in [0.4, 0.5) is 0 Å². The molecule has 1 aromatic rings. The standard InChI is InChI=1S/C17H27NO2/c1-5-8-14-16(18-9-6-2)13-10-12(7-3)11-15(19-4)17(13)20-14/h10-11,14,16,18H,5-9H2,1-4H3. The first-order valence-corrected chi connectivity index (χ1v) is 7.85. The summed E-state index contributed by atoms with van der Waals surface area (Å²) < 4.78 is 11.7. The third kappa shape index (κ3) is 2.93. The van der Waals surface area contributed by atoms with Gasteiger partial charge in [-0.3, -0.25) is 0 Å². The third-order valence-corrected chi connectivity index (χ3v) is 3.94. The molecule has 0 bridgehead atoms. The molecule has 2 unspecified atom stereocenters. The van der Waals surface area contributed by atoms with Gasteiger partial charge in [0.1, 0.15) is 6.10 Å². The summed E-state index contributed by atoms with van der Waals surface area (Å²) in [6, 6.07) is 4.68. The molecule has 1 aromatic carbocycles. The molecule has 1 aliphatic rings. The van der Waals surface area contributed by atoms with Crippen LogP contribution in [0.1, 0.15) is 57.2 Å². The van der Waals surface area contributed by atoms with Gasteiger partial charge in [-0.2, -0.15) is 0 Å². The van der Waals surface area contributed by atoms with Crippen LogP contribution in [0.25, 0.3) is 0 Å². The summed E-state index contributed by atoms with van der Waals surface area (Å²) in [4.78, 5) is 0. The predicted octanol–water partition coefficient (Wildman–Crippen LogP) is 3.86. The SMILES string of the molecule is CCCNC1c2cc(CC)cc(OC)c2OC1CCC. The molecule has 1 heterocycles. The molecule has 0 saturated carbocycles. The second kappa shape index (κ2) is 6.98. The van der Waals surface area contributed by atoms with Crippen LogP contribution in [0.15, 0.2) is 12.1 Å². The van der Waals surface area contributed by atoms with Gasteiger partial charge in [-0.05, 0) is 37.4 Å². The van der Waals surface area contributed by atoms with Crippen molar-refractivity contribution in [1.82, 2.24) is 5.32 Å². The second-order valence-electron chi connectivity index (χ2n) is 5.45. The first-order chi connectivity index (χ1) is 9.74. The molecule has 0 aliphatic carbocycles. The summed E-state index contributed by atoms with van der Waals surface area (Å²) in [7, 11) is 1.72. The highest BCUT2D eigenvalue weighted by atomic mass is 16.5. The lowest BCUT2D eigenvalue weighted by atomic mass is 9.97. The van der Waals surface area contributed by atoms with Crippen molar-refractivity contribution in [3.8, 4) is 11.5 Å². The number of nitrogens with one attached hydrogen (secondary N) is 1. The number of rotatable bonds is 7. The Morgan fingerprint density at radius 1 is 1.20 bits per heavy atom. The maximum absolute atomic E-state index is 6.19. The van der Waals surface area contributed by atoms with Gasteiger partial charge in [-0.15, -0.1) is 0 Å². The fourth-order valence-electron chi connectivity index (χ4n) is 2.87. The molecule has 0 amide bonds. The van der Waals surface area contributed by atoms with Crippen molar-refractivity contribution < 1.29 is 9.47 Å². The summed E-state index contributed by atoms with van der Waals surface area (Å²) >= 11 is 0. The fraction of sp³-hybridized carbons (Fsp3) is 0.647. The number of aryl methyl sites for hydroxylation is 1. The van der Waals surface area contributed by atoms with E-state index in [0.29, 0.717) is 6.04 Å². The summed E-state index contributed by atoms with van der Waals surface area (Å²) in [6.45, 7) is 7.60. The topological polar surface area (TPSA) is 30.5 Å². The minimum atomic E-state index is 0.225. The van der Waals surface area contributed by atoms with Gasteiger partial charge >= 0.3 is 0 Å². The van der Waals surface area contributed by atoms with E-state index in [0.717, 1.165) is 43.7 Å². The zero-order chi connectivity index (χ0) is 14.5. The average Bonchev–Trinajstić information content (AvgIpc) is 2.81. The summed E-state index contributed by atoms with van der Waals surface area (Å²) in [5.74, 6) is 1.82. The Morgan fingerprint density at radius 2 is 2.00 bits per heavy atom. The van der Waals surface area contributed by atoms with Crippen LogP contribution in [0.2, 0.25) is 0 Å². The Balaban J connectivity index is 2.35. The first-order valence-electron chi connectivity index (χ1n) is 7.85. The molecule has 3 nitrogen and oxygen atoms in total. The van der Waals surface area contributed by atoms with Crippen LogP contribution in [0, 0.1) is 0 Å². The predicted molar refractivity (Wildman–Crippen MR) is 82.7 cm³/mol. The molecule has 112 valence electrons. The van der Waals surface area contributed by atoms with Crippen molar-refractivity contribution in [1.29, 1.82) is 0 Å². The maximum atomic E-state index is 6.19. The van der Waals surface area contributed by atoms with E-state index in [1.165, 1.54) is 11.1 Å². The number of hydrogen-bond acceptors (Lipinski definition) is 3. The fourth-order valence-corrected chi connectivity index (χ4v) is 2.87. The van der Waals surface area contributed by atoms with Gasteiger partial charge in [0.2, 0.25) is 0 Å². The van der Waals surface area contributed by atoms with Crippen LogP contribution in [-0.2, 0) is 6.42 Å². The van der Waals surface area contributed by atoms with Gasteiger partial charge in [0, 0.05) is 5.56 Å². The van der Waals surface area contributed by atoms with Crippen molar-refractivity contribution in [2.24, 2.45) is 0 Å². The lowest BCUT2D eigenvalue weighted by Gasteiger charge is -2.19. The molecule has 0 radical (unpaired) electrons. The molecule has 20 heavy (non-hydrogen) atoms. The number of benzene rings is 1. The lowest BCUT2D eigenvalue weighted by Crippen LogP contribution is -2.31. The molecule has 0 aromatic heterocycles. The largest absolute Gasteiger partial charge is 0.493 e. The van der Waals surface area contributed by atoms with Gasteiger partial charge in [0.25, 0.3) is 0 Å².